The van der Waals surface area contributed by atoms with Gasteiger partial charge in [-0.1, -0.05) is 0 Å². The van der Waals surface area contributed by atoms with Crippen LogP contribution in [-0.4, -0.2) is 24.5 Å². The van der Waals surface area contributed by atoms with Gasteiger partial charge in [0.15, 0.2) is 6.29 Å². The van der Waals surface area contributed by atoms with Gasteiger partial charge in [-0.15, -0.1) is 0 Å². The van der Waals surface area contributed by atoms with Crippen LogP contribution in [0.1, 0.15) is 26.3 Å². The molecule has 4 nitrogen and oxygen atoms in total. The Morgan fingerprint density at radius 3 is 2.64 bits per heavy atom. The van der Waals surface area contributed by atoms with Crippen molar-refractivity contribution in [2.75, 3.05) is 7.11 Å². The molecule has 0 heterocycles. The number of phenolic OH excluding ortho intramolecular Hbond substituents is 1. The first-order chi connectivity index (χ1) is 6.61. The molecule has 1 N–H and O–H groups in total. The summed E-state index contributed by atoms with van der Waals surface area (Å²) in [6.07, 6.45) is 0.511. The molecule has 0 bridgehead atoms. The summed E-state index contributed by atoms with van der Waals surface area (Å²) < 4.78 is 4.52. The standard InChI is InChI=1S/C10H10O4/c1-6-7(10(13)14-2)3-4-9(12)8(6)5-11/h3-5,12H,1-2H3. The molecule has 0 saturated carbocycles. The number of hydrogen-bond donors (Lipinski definition) is 1. The topological polar surface area (TPSA) is 63.6 Å². The first-order valence-electron chi connectivity index (χ1n) is 3.98. The van der Waals surface area contributed by atoms with E-state index in [1.165, 1.54) is 19.2 Å². The minimum Gasteiger partial charge on any atom is -0.507 e. The van der Waals surface area contributed by atoms with Gasteiger partial charge in [0.2, 0.25) is 0 Å². The maximum absolute atomic E-state index is 11.2. The van der Waals surface area contributed by atoms with Gasteiger partial charge < -0.3 is 9.84 Å². The average molecular weight is 194 g/mol. The van der Waals surface area contributed by atoms with Gasteiger partial charge in [-0.2, -0.15) is 0 Å². The molecule has 74 valence electrons. The summed E-state index contributed by atoms with van der Waals surface area (Å²) in [7, 11) is 1.26. The fourth-order valence-corrected chi connectivity index (χ4v) is 1.19. The van der Waals surface area contributed by atoms with E-state index in [1.807, 2.05) is 0 Å². The largest absolute Gasteiger partial charge is 0.507 e. The van der Waals surface area contributed by atoms with Gasteiger partial charge in [0.05, 0.1) is 18.2 Å². The van der Waals surface area contributed by atoms with Gasteiger partial charge in [-0.05, 0) is 24.6 Å². The lowest BCUT2D eigenvalue weighted by molar-refractivity contribution is 0.0600. The summed E-state index contributed by atoms with van der Waals surface area (Å²) in [6.45, 7) is 1.58. The highest BCUT2D eigenvalue weighted by atomic mass is 16.5. The highest BCUT2D eigenvalue weighted by Gasteiger charge is 2.14. The molecule has 0 spiro atoms. The van der Waals surface area contributed by atoms with Crippen LogP contribution < -0.4 is 0 Å². The molecule has 0 aliphatic heterocycles. The molecule has 1 rings (SSSR count). The normalized spacial score (nSPS) is 9.57. The minimum absolute atomic E-state index is 0.118. The van der Waals surface area contributed by atoms with Gasteiger partial charge in [-0.25, -0.2) is 4.79 Å². The van der Waals surface area contributed by atoms with Crippen molar-refractivity contribution in [3.8, 4) is 5.75 Å². The van der Waals surface area contributed by atoms with E-state index >= 15 is 0 Å². The van der Waals surface area contributed by atoms with Gasteiger partial charge in [-0.3, -0.25) is 4.79 Å². The van der Waals surface area contributed by atoms with Crippen LogP contribution >= 0.6 is 0 Å². The predicted octanol–water partition coefficient (Wildman–Crippen LogP) is 1.30. The molecule has 0 unspecified atom stereocenters. The molecule has 1 aromatic rings. The Bertz CT molecular complexity index is 382. The van der Waals surface area contributed by atoms with E-state index in [4.69, 9.17) is 0 Å². The quantitative estimate of drug-likeness (QED) is 0.569. The number of carbonyl (C=O) groups excluding carboxylic acids is 2. The zero-order chi connectivity index (χ0) is 10.7. The van der Waals surface area contributed by atoms with E-state index in [0.717, 1.165) is 0 Å². The first kappa shape index (κ1) is 10.2. The Morgan fingerprint density at radius 1 is 1.50 bits per heavy atom. The van der Waals surface area contributed by atoms with Crippen molar-refractivity contribution >= 4 is 12.3 Å². The third-order valence-corrected chi connectivity index (χ3v) is 2.01. The Hall–Kier alpha value is -1.84. The number of hydrogen-bond acceptors (Lipinski definition) is 4. The smallest absolute Gasteiger partial charge is 0.338 e. The van der Waals surface area contributed by atoms with Crippen molar-refractivity contribution < 1.29 is 19.4 Å². The van der Waals surface area contributed by atoms with Crippen LogP contribution in [0.25, 0.3) is 0 Å². The second-order valence-electron chi connectivity index (χ2n) is 2.78. The van der Waals surface area contributed by atoms with Crippen LogP contribution in [0, 0.1) is 6.92 Å². The molecule has 0 fully saturated rings. The van der Waals surface area contributed by atoms with Crippen molar-refractivity contribution in [3.63, 3.8) is 0 Å². The van der Waals surface area contributed by atoms with E-state index in [-0.39, 0.29) is 16.9 Å². The van der Waals surface area contributed by atoms with Crippen LogP contribution in [-0.2, 0) is 4.74 Å². The Kier molecular flexibility index (Phi) is 2.86. The van der Waals surface area contributed by atoms with Crippen molar-refractivity contribution in [1.29, 1.82) is 0 Å². The number of carbonyl (C=O) groups is 2. The molecule has 0 aliphatic rings. The lowest BCUT2D eigenvalue weighted by Gasteiger charge is -2.06. The molecular weight excluding hydrogens is 184 g/mol. The lowest BCUT2D eigenvalue weighted by Crippen LogP contribution is -2.05. The Balaban J connectivity index is 3.35. The van der Waals surface area contributed by atoms with Gasteiger partial charge in [0.25, 0.3) is 0 Å². The van der Waals surface area contributed by atoms with E-state index < -0.39 is 5.97 Å². The fraction of sp³-hybridized carbons (Fsp3) is 0.200. The van der Waals surface area contributed by atoms with Crippen LogP contribution in [0.15, 0.2) is 12.1 Å². The van der Waals surface area contributed by atoms with Crippen LogP contribution in [0.4, 0.5) is 0 Å². The summed E-state index contributed by atoms with van der Waals surface area (Å²) in [5.74, 6) is -0.657. The van der Waals surface area contributed by atoms with Crippen molar-refractivity contribution in [1.82, 2.24) is 0 Å². The molecule has 1 aromatic carbocycles. The van der Waals surface area contributed by atoms with Gasteiger partial charge in [0, 0.05) is 0 Å². The number of phenols is 1. The molecule has 0 aliphatic carbocycles. The van der Waals surface area contributed by atoms with Gasteiger partial charge >= 0.3 is 5.97 Å². The van der Waals surface area contributed by atoms with Crippen LogP contribution in [0.5, 0.6) is 5.75 Å². The molecule has 0 amide bonds. The SMILES string of the molecule is COC(=O)c1ccc(O)c(C=O)c1C. The van der Waals surface area contributed by atoms with Crippen molar-refractivity contribution in [3.05, 3.63) is 28.8 Å². The maximum atomic E-state index is 11.2. The number of esters is 1. The highest BCUT2D eigenvalue weighted by molar-refractivity contribution is 5.95. The van der Waals surface area contributed by atoms with E-state index in [9.17, 15) is 14.7 Å². The monoisotopic (exact) mass is 194 g/mol. The second-order valence-corrected chi connectivity index (χ2v) is 2.78. The summed E-state index contributed by atoms with van der Waals surface area (Å²) in [5.41, 5.74) is 0.826. The molecular formula is C10H10O4. The first-order valence-corrected chi connectivity index (χ1v) is 3.98. The zero-order valence-corrected chi connectivity index (χ0v) is 7.90. The fourth-order valence-electron chi connectivity index (χ4n) is 1.19. The summed E-state index contributed by atoms with van der Waals surface area (Å²) in [4.78, 5) is 21.8. The molecule has 0 atom stereocenters. The highest BCUT2D eigenvalue weighted by Crippen LogP contribution is 2.22. The molecule has 4 heteroatoms. The number of aromatic hydroxyl groups is 1. The van der Waals surface area contributed by atoms with E-state index in [0.29, 0.717) is 11.8 Å². The Morgan fingerprint density at radius 2 is 2.14 bits per heavy atom. The number of benzene rings is 1. The maximum Gasteiger partial charge on any atom is 0.338 e. The average Bonchev–Trinajstić information content (AvgIpc) is 2.18. The number of aldehydes is 1. The molecule has 0 radical (unpaired) electrons. The summed E-state index contributed by atoms with van der Waals surface area (Å²) in [6, 6.07) is 2.71. The lowest BCUT2D eigenvalue weighted by atomic mass is 10.0. The van der Waals surface area contributed by atoms with Crippen LogP contribution in [0.2, 0.25) is 0 Å². The third kappa shape index (κ3) is 1.59. The minimum atomic E-state index is -0.523. The van der Waals surface area contributed by atoms with Crippen molar-refractivity contribution in [2.24, 2.45) is 0 Å². The van der Waals surface area contributed by atoms with Crippen molar-refractivity contribution in [2.45, 2.75) is 6.92 Å². The van der Waals surface area contributed by atoms with E-state index in [2.05, 4.69) is 4.74 Å². The number of methoxy groups -OCH3 is 1. The Labute approximate surface area is 81.1 Å². The third-order valence-electron chi connectivity index (χ3n) is 2.01. The van der Waals surface area contributed by atoms with Crippen LogP contribution in [0.3, 0.4) is 0 Å². The summed E-state index contributed by atoms with van der Waals surface area (Å²) >= 11 is 0. The zero-order valence-electron chi connectivity index (χ0n) is 7.90. The van der Waals surface area contributed by atoms with Gasteiger partial charge in [0.1, 0.15) is 5.75 Å². The molecule has 14 heavy (non-hydrogen) atoms. The van der Waals surface area contributed by atoms with E-state index in [1.54, 1.807) is 6.92 Å². The second kappa shape index (κ2) is 3.91. The number of ether oxygens (including phenoxy) is 1. The number of rotatable bonds is 2. The predicted molar refractivity (Wildman–Crippen MR) is 49.6 cm³/mol. The molecule has 0 saturated heterocycles. The molecule has 0 aromatic heterocycles. The summed E-state index contributed by atoms with van der Waals surface area (Å²) in [5, 5.41) is 9.29.